The molecule has 9 heteroatoms. The molecule has 1 N–H and O–H groups in total. The Morgan fingerprint density at radius 3 is 2.45 bits per heavy atom. The van der Waals surface area contributed by atoms with E-state index in [0.717, 1.165) is 43.4 Å². The lowest BCUT2D eigenvalue weighted by Gasteiger charge is -2.54. The van der Waals surface area contributed by atoms with Crippen molar-refractivity contribution in [2.75, 3.05) is 0 Å². The summed E-state index contributed by atoms with van der Waals surface area (Å²) in [5.41, 5.74) is 0.152. The van der Waals surface area contributed by atoms with Crippen LogP contribution < -0.4 is 9.46 Å². The highest BCUT2D eigenvalue weighted by molar-refractivity contribution is 7.90. The van der Waals surface area contributed by atoms with Crippen LogP contribution in [0.2, 0.25) is 5.02 Å². The molecule has 3 fully saturated rings. The molecule has 1 aromatic heterocycles. The van der Waals surface area contributed by atoms with Gasteiger partial charge in [-0.3, -0.25) is 4.79 Å². The van der Waals surface area contributed by atoms with Gasteiger partial charge in [0.15, 0.2) is 10.6 Å². The van der Waals surface area contributed by atoms with E-state index in [9.17, 15) is 17.6 Å². The topological polar surface area (TPSA) is 85.4 Å². The highest BCUT2D eigenvalue weighted by Gasteiger charge is 2.50. The van der Waals surface area contributed by atoms with Crippen LogP contribution in [0.15, 0.2) is 41.4 Å². The van der Waals surface area contributed by atoms with Gasteiger partial charge < -0.3 is 4.74 Å². The van der Waals surface area contributed by atoms with Gasteiger partial charge in [-0.2, -0.15) is 12.8 Å². The zero-order valence-corrected chi connectivity index (χ0v) is 19.7. The first-order valence-corrected chi connectivity index (χ1v) is 13.2. The SMILES string of the molecule is O=C(NS(=O)(=O)c1cccc(F)n1)C1(Oc2cc(Cl)ccc2C2CC3(CCC3)C2)CCCC1. The molecule has 1 spiro atoms. The van der Waals surface area contributed by atoms with Crippen LogP contribution in [0, 0.1) is 11.4 Å². The molecule has 1 aromatic carbocycles. The molecule has 0 aliphatic heterocycles. The van der Waals surface area contributed by atoms with Crippen LogP contribution in [0.25, 0.3) is 0 Å². The van der Waals surface area contributed by atoms with Gasteiger partial charge >= 0.3 is 0 Å². The molecule has 1 amide bonds. The Morgan fingerprint density at radius 1 is 1.09 bits per heavy atom. The van der Waals surface area contributed by atoms with Gasteiger partial charge in [-0.1, -0.05) is 30.2 Å². The fourth-order valence-electron chi connectivity index (χ4n) is 5.56. The Morgan fingerprint density at radius 2 is 1.82 bits per heavy atom. The van der Waals surface area contributed by atoms with Gasteiger partial charge in [-0.15, -0.1) is 0 Å². The van der Waals surface area contributed by atoms with Gasteiger partial charge in [-0.25, -0.2) is 9.71 Å². The normalized spacial score (nSPS) is 21.3. The maximum absolute atomic E-state index is 13.5. The first-order valence-electron chi connectivity index (χ1n) is 11.4. The Kier molecular flexibility index (Phi) is 5.64. The van der Waals surface area contributed by atoms with Crippen molar-refractivity contribution in [1.82, 2.24) is 9.71 Å². The number of amides is 1. The first-order chi connectivity index (χ1) is 15.7. The molecule has 0 atom stereocenters. The zero-order chi connectivity index (χ0) is 23.3. The van der Waals surface area contributed by atoms with Crippen molar-refractivity contribution < 1.29 is 22.3 Å². The summed E-state index contributed by atoms with van der Waals surface area (Å²) >= 11 is 6.27. The number of carbonyl (C=O) groups excluding carboxylic acids is 1. The second-order valence-corrected chi connectivity index (χ2v) is 11.7. The molecule has 0 radical (unpaired) electrons. The van der Waals surface area contributed by atoms with E-state index in [0.29, 0.717) is 34.9 Å². The first kappa shape index (κ1) is 22.6. The summed E-state index contributed by atoms with van der Waals surface area (Å²) in [7, 11) is -4.35. The third-order valence-electron chi connectivity index (χ3n) is 7.51. The molecule has 33 heavy (non-hydrogen) atoms. The Labute approximate surface area is 197 Å². The molecule has 0 unspecified atom stereocenters. The number of nitrogens with one attached hydrogen (secondary N) is 1. The lowest BCUT2D eigenvalue weighted by molar-refractivity contribution is -0.134. The van der Waals surface area contributed by atoms with Crippen molar-refractivity contribution in [3.05, 3.63) is 52.9 Å². The highest BCUT2D eigenvalue weighted by Crippen LogP contribution is 2.63. The minimum absolute atomic E-state index is 0.347. The van der Waals surface area contributed by atoms with Crippen molar-refractivity contribution in [2.24, 2.45) is 5.41 Å². The van der Waals surface area contributed by atoms with E-state index in [1.165, 1.54) is 25.3 Å². The monoisotopic (exact) mass is 492 g/mol. The van der Waals surface area contributed by atoms with Crippen molar-refractivity contribution in [1.29, 1.82) is 0 Å². The third kappa shape index (κ3) is 4.23. The van der Waals surface area contributed by atoms with Crippen LogP contribution in [-0.2, 0) is 14.8 Å². The number of hydrogen-bond acceptors (Lipinski definition) is 5. The molecule has 6 nitrogen and oxygen atoms in total. The quantitative estimate of drug-likeness (QED) is 0.566. The number of nitrogens with zero attached hydrogens (tertiary/aromatic N) is 1. The van der Waals surface area contributed by atoms with E-state index in [2.05, 4.69) is 9.71 Å². The van der Waals surface area contributed by atoms with Crippen molar-refractivity contribution in [3.8, 4) is 5.75 Å². The number of halogens is 2. The van der Waals surface area contributed by atoms with E-state index in [4.69, 9.17) is 16.3 Å². The predicted octanol–water partition coefficient (Wildman–Crippen LogP) is 5.12. The number of pyridine rings is 1. The van der Waals surface area contributed by atoms with E-state index >= 15 is 0 Å². The number of ether oxygens (including phenoxy) is 1. The number of hydrogen-bond donors (Lipinski definition) is 1. The van der Waals surface area contributed by atoms with Gasteiger partial charge in [0.25, 0.3) is 15.9 Å². The molecular weight excluding hydrogens is 467 g/mol. The molecule has 1 heterocycles. The average Bonchev–Trinajstić information content (AvgIpc) is 3.17. The molecule has 0 saturated heterocycles. The van der Waals surface area contributed by atoms with Crippen molar-refractivity contribution in [2.45, 2.75) is 74.3 Å². The number of aromatic nitrogens is 1. The number of carbonyl (C=O) groups is 1. The summed E-state index contributed by atoms with van der Waals surface area (Å²) < 4.78 is 47.3. The van der Waals surface area contributed by atoms with Crippen LogP contribution in [0.1, 0.15) is 69.3 Å². The van der Waals surface area contributed by atoms with Gasteiger partial charge in [0.05, 0.1) is 0 Å². The summed E-state index contributed by atoms with van der Waals surface area (Å²) in [6, 6.07) is 8.92. The largest absolute Gasteiger partial charge is 0.477 e. The lowest BCUT2D eigenvalue weighted by Crippen LogP contribution is -2.51. The third-order valence-corrected chi connectivity index (χ3v) is 8.98. The smallest absolute Gasteiger partial charge is 0.281 e. The average molecular weight is 493 g/mol. The summed E-state index contributed by atoms with van der Waals surface area (Å²) in [6.07, 6.45) is 8.25. The zero-order valence-electron chi connectivity index (χ0n) is 18.1. The second kappa shape index (κ2) is 8.24. The van der Waals surface area contributed by atoms with E-state index in [1.54, 1.807) is 6.07 Å². The molecule has 5 rings (SSSR count). The Bertz CT molecular complexity index is 1180. The standard InChI is InChI=1S/C24H26ClFN2O4S/c25-17-7-8-18(16-14-23(15-16)9-4-10-23)19(13-17)32-24(11-1-2-12-24)22(29)28-33(30,31)21-6-3-5-20(26)27-21/h3,5-8,13,16H,1-2,4,9-12,14-15H2,(H,28,29). The summed E-state index contributed by atoms with van der Waals surface area (Å²) in [5.74, 6) is -0.814. The minimum Gasteiger partial charge on any atom is -0.477 e. The Balaban J connectivity index is 1.40. The summed E-state index contributed by atoms with van der Waals surface area (Å²) in [6.45, 7) is 0. The second-order valence-electron chi connectivity index (χ2n) is 9.68. The fraction of sp³-hybridized carbons (Fsp3) is 0.500. The van der Waals surface area contributed by atoms with Crippen molar-refractivity contribution >= 4 is 27.5 Å². The van der Waals surface area contributed by atoms with E-state index in [-0.39, 0.29) is 0 Å². The maximum Gasteiger partial charge on any atom is 0.281 e. The molecule has 3 aliphatic rings. The number of rotatable bonds is 6. The molecule has 0 bridgehead atoms. The predicted molar refractivity (Wildman–Crippen MR) is 121 cm³/mol. The fourth-order valence-corrected chi connectivity index (χ4v) is 6.72. The molecule has 3 aliphatic carbocycles. The molecule has 2 aromatic rings. The van der Waals surface area contributed by atoms with Crippen LogP contribution in [0.4, 0.5) is 4.39 Å². The van der Waals surface area contributed by atoms with E-state index in [1.807, 2.05) is 12.1 Å². The van der Waals surface area contributed by atoms with Crippen LogP contribution in [0.3, 0.4) is 0 Å². The van der Waals surface area contributed by atoms with E-state index < -0.39 is 32.5 Å². The molecule has 176 valence electrons. The lowest BCUT2D eigenvalue weighted by atomic mass is 9.50. The van der Waals surface area contributed by atoms with Gasteiger partial charge in [0.2, 0.25) is 5.95 Å². The van der Waals surface area contributed by atoms with Crippen molar-refractivity contribution in [3.63, 3.8) is 0 Å². The minimum atomic E-state index is -4.35. The molecular formula is C24H26ClFN2O4S. The van der Waals surface area contributed by atoms with Gasteiger partial charge in [0, 0.05) is 5.02 Å². The molecule has 3 saturated carbocycles. The van der Waals surface area contributed by atoms with Gasteiger partial charge in [-0.05, 0) is 92.5 Å². The summed E-state index contributed by atoms with van der Waals surface area (Å²) in [5, 5.41) is -0.0516. The van der Waals surface area contributed by atoms with Crippen LogP contribution in [-0.4, -0.2) is 24.9 Å². The summed E-state index contributed by atoms with van der Waals surface area (Å²) in [4.78, 5) is 16.7. The number of sulfonamides is 1. The number of benzene rings is 1. The van der Waals surface area contributed by atoms with Crippen LogP contribution >= 0.6 is 11.6 Å². The highest BCUT2D eigenvalue weighted by atomic mass is 35.5. The maximum atomic E-state index is 13.5. The van der Waals surface area contributed by atoms with Crippen LogP contribution in [0.5, 0.6) is 5.75 Å². The van der Waals surface area contributed by atoms with Gasteiger partial charge in [0.1, 0.15) is 5.75 Å². The Hall–Kier alpha value is -2.19.